The number of rotatable bonds is 5. The first-order valence-corrected chi connectivity index (χ1v) is 3.74. The van der Waals surface area contributed by atoms with Gasteiger partial charge in [-0.15, -0.1) is 0 Å². The third-order valence-corrected chi connectivity index (χ3v) is 1.50. The number of nitrogens with zero attached hydrogens (tertiary/aromatic N) is 1. The summed E-state index contributed by atoms with van der Waals surface area (Å²) in [7, 11) is 0. The Morgan fingerprint density at radius 2 is 1.92 bits per heavy atom. The minimum absolute atomic E-state index is 0.0453. The molecular formula is C6H15N5O2. The lowest BCUT2D eigenvalue weighted by atomic mass is 10.1. The van der Waals surface area contributed by atoms with Crippen LogP contribution in [0, 0.1) is 0 Å². The van der Waals surface area contributed by atoms with Gasteiger partial charge in [-0.1, -0.05) is 0 Å². The molecule has 0 amide bonds. The van der Waals surface area contributed by atoms with Crippen molar-refractivity contribution in [1.29, 1.82) is 0 Å². The number of aliphatic carboxylic acids is 1. The SMILES string of the molecule is NC(N)=NCCC(N)[C@H](N)C(=O)O. The van der Waals surface area contributed by atoms with Crippen LogP contribution in [0.3, 0.4) is 0 Å². The van der Waals surface area contributed by atoms with E-state index in [2.05, 4.69) is 4.99 Å². The number of hydrogen-bond acceptors (Lipinski definition) is 4. The van der Waals surface area contributed by atoms with E-state index in [9.17, 15) is 4.79 Å². The molecule has 0 fully saturated rings. The molecular weight excluding hydrogens is 174 g/mol. The summed E-state index contributed by atoms with van der Waals surface area (Å²) >= 11 is 0. The van der Waals surface area contributed by atoms with Crippen molar-refractivity contribution in [2.24, 2.45) is 27.9 Å². The van der Waals surface area contributed by atoms with E-state index < -0.39 is 18.1 Å². The Bertz CT molecular complexity index is 201. The van der Waals surface area contributed by atoms with E-state index in [1.54, 1.807) is 0 Å². The van der Waals surface area contributed by atoms with Gasteiger partial charge >= 0.3 is 5.97 Å². The zero-order valence-electron chi connectivity index (χ0n) is 7.18. The molecule has 13 heavy (non-hydrogen) atoms. The Kier molecular flexibility index (Phi) is 4.78. The van der Waals surface area contributed by atoms with Gasteiger partial charge in [0, 0.05) is 12.6 Å². The molecule has 0 saturated heterocycles. The van der Waals surface area contributed by atoms with Crippen molar-refractivity contribution in [3.05, 3.63) is 0 Å². The quantitative estimate of drug-likeness (QED) is 0.236. The molecule has 76 valence electrons. The lowest BCUT2D eigenvalue weighted by molar-refractivity contribution is -0.139. The molecule has 0 aromatic carbocycles. The van der Waals surface area contributed by atoms with Crippen LogP contribution in [0.15, 0.2) is 4.99 Å². The zero-order chi connectivity index (χ0) is 10.4. The number of nitrogens with two attached hydrogens (primary N) is 4. The van der Waals surface area contributed by atoms with Crippen molar-refractivity contribution >= 4 is 11.9 Å². The van der Waals surface area contributed by atoms with Crippen molar-refractivity contribution in [2.75, 3.05) is 6.54 Å². The summed E-state index contributed by atoms with van der Waals surface area (Å²) in [6.07, 6.45) is 0.339. The van der Waals surface area contributed by atoms with Gasteiger partial charge in [-0.05, 0) is 6.42 Å². The summed E-state index contributed by atoms with van der Waals surface area (Å²) < 4.78 is 0. The molecule has 9 N–H and O–H groups in total. The van der Waals surface area contributed by atoms with E-state index in [0.29, 0.717) is 6.42 Å². The number of carboxylic acid groups (broad SMARTS) is 1. The van der Waals surface area contributed by atoms with Gasteiger partial charge in [0.2, 0.25) is 0 Å². The monoisotopic (exact) mass is 189 g/mol. The number of guanidine groups is 1. The maximum absolute atomic E-state index is 10.3. The first-order chi connectivity index (χ1) is 5.95. The van der Waals surface area contributed by atoms with Crippen LogP contribution in [0.25, 0.3) is 0 Å². The number of hydrogen-bond donors (Lipinski definition) is 5. The topological polar surface area (TPSA) is 154 Å². The fourth-order valence-electron chi connectivity index (χ4n) is 0.705. The average Bonchev–Trinajstić information content (AvgIpc) is 2.02. The maximum Gasteiger partial charge on any atom is 0.322 e. The van der Waals surface area contributed by atoms with E-state index in [-0.39, 0.29) is 12.5 Å². The highest BCUT2D eigenvalue weighted by atomic mass is 16.4. The first-order valence-electron chi connectivity index (χ1n) is 3.74. The van der Waals surface area contributed by atoms with Gasteiger partial charge in [-0.25, -0.2) is 0 Å². The van der Waals surface area contributed by atoms with E-state index >= 15 is 0 Å². The smallest absolute Gasteiger partial charge is 0.322 e. The summed E-state index contributed by atoms with van der Waals surface area (Å²) in [4.78, 5) is 14.0. The molecule has 0 aliphatic heterocycles. The Hall–Kier alpha value is -1.34. The molecule has 0 saturated carbocycles. The van der Waals surface area contributed by atoms with Crippen molar-refractivity contribution < 1.29 is 9.90 Å². The van der Waals surface area contributed by atoms with Gasteiger partial charge in [0.15, 0.2) is 5.96 Å². The highest BCUT2D eigenvalue weighted by Crippen LogP contribution is 1.94. The van der Waals surface area contributed by atoms with E-state index in [4.69, 9.17) is 28.0 Å². The Morgan fingerprint density at radius 3 is 2.31 bits per heavy atom. The van der Waals surface area contributed by atoms with Crippen molar-refractivity contribution in [1.82, 2.24) is 0 Å². The highest BCUT2D eigenvalue weighted by Gasteiger charge is 2.19. The fourth-order valence-corrected chi connectivity index (χ4v) is 0.705. The number of aliphatic imine (C=N–C) groups is 1. The van der Waals surface area contributed by atoms with Crippen LogP contribution in [0.4, 0.5) is 0 Å². The van der Waals surface area contributed by atoms with Crippen LogP contribution in [0.2, 0.25) is 0 Å². The molecule has 7 heteroatoms. The minimum atomic E-state index is -1.13. The van der Waals surface area contributed by atoms with Gasteiger partial charge in [0.25, 0.3) is 0 Å². The van der Waals surface area contributed by atoms with Crippen LogP contribution >= 0.6 is 0 Å². The van der Waals surface area contributed by atoms with Crippen molar-refractivity contribution in [2.45, 2.75) is 18.5 Å². The van der Waals surface area contributed by atoms with Gasteiger partial charge < -0.3 is 28.0 Å². The van der Waals surface area contributed by atoms with Crippen LogP contribution < -0.4 is 22.9 Å². The molecule has 2 atom stereocenters. The third-order valence-electron chi connectivity index (χ3n) is 1.50. The zero-order valence-corrected chi connectivity index (χ0v) is 7.18. The van der Waals surface area contributed by atoms with Gasteiger partial charge in [-0.2, -0.15) is 0 Å². The summed E-state index contributed by atoms with van der Waals surface area (Å²) in [6.45, 7) is 0.282. The standard InChI is InChI=1S/C6H15N5O2/c7-3(4(8)5(12)13)1-2-11-6(9)10/h3-4H,1-2,7-8H2,(H,12,13)(H4,9,10,11)/t3?,4-/m0/s1. The Balaban J connectivity index is 3.81. The predicted molar refractivity (Wildman–Crippen MR) is 48.9 cm³/mol. The second-order valence-corrected chi connectivity index (χ2v) is 2.62. The molecule has 0 spiro atoms. The normalized spacial score (nSPS) is 14.6. The molecule has 0 aliphatic carbocycles. The lowest BCUT2D eigenvalue weighted by Gasteiger charge is -2.14. The molecule has 0 aliphatic rings. The summed E-state index contributed by atoms with van der Waals surface area (Å²) in [5.74, 6) is -1.17. The Labute approximate surface area is 75.8 Å². The van der Waals surface area contributed by atoms with E-state index in [1.807, 2.05) is 0 Å². The van der Waals surface area contributed by atoms with Crippen LogP contribution in [0.1, 0.15) is 6.42 Å². The summed E-state index contributed by atoms with van der Waals surface area (Å²) in [5.41, 5.74) is 20.8. The highest BCUT2D eigenvalue weighted by molar-refractivity contribution is 5.75. The van der Waals surface area contributed by atoms with Crippen LogP contribution in [0.5, 0.6) is 0 Å². The summed E-state index contributed by atoms with van der Waals surface area (Å²) in [5, 5.41) is 8.47. The van der Waals surface area contributed by atoms with Gasteiger partial charge in [0.1, 0.15) is 6.04 Å². The molecule has 7 nitrogen and oxygen atoms in total. The maximum atomic E-state index is 10.3. The summed E-state index contributed by atoms with van der Waals surface area (Å²) in [6, 6.07) is -1.71. The lowest BCUT2D eigenvalue weighted by Crippen LogP contribution is -2.47. The number of carbonyl (C=O) groups is 1. The molecule has 0 radical (unpaired) electrons. The van der Waals surface area contributed by atoms with Gasteiger partial charge in [-0.3, -0.25) is 9.79 Å². The van der Waals surface area contributed by atoms with Crippen molar-refractivity contribution in [3.63, 3.8) is 0 Å². The first kappa shape index (κ1) is 11.7. The fraction of sp³-hybridized carbons (Fsp3) is 0.667. The minimum Gasteiger partial charge on any atom is -0.480 e. The Morgan fingerprint density at radius 1 is 1.38 bits per heavy atom. The number of carboxylic acids is 1. The average molecular weight is 189 g/mol. The molecule has 1 unspecified atom stereocenters. The molecule has 0 bridgehead atoms. The molecule has 0 aromatic rings. The van der Waals surface area contributed by atoms with E-state index in [1.165, 1.54) is 0 Å². The predicted octanol–water partition coefficient (Wildman–Crippen LogP) is -2.61. The second-order valence-electron chi connectivity index (χ2n) is 2.62. The molecule has 0 heterocycles. The third kappa shape index (κ3) is 4.99. The largest absolute Gasteiger partial charge is 0.480 e. The van der Waals surface area contributed by atoms with Gasteiger partial charge in [0.05, 0.1) is 0 Å². The van der Waals surface area contributed by atoms with Crippen LogP contribution in [-0.2, 0) is 4.79 Å². The molecule has 0 rings (SSSR count). The van der Waals surface area contributed by atoms with E-state index in [0.717, 1.165) is 0 Å². The van der Waals surface area contributed by atoms with Crippen molar-refractivity contribution in [3.8, 4) is 0 Å². The van der Waals surface area contributed by atoms with Crippen LogP contribution in [-0.4, -0.2) is 35.7 Å². The molecule has 0 aromatic heterocycles. The second kappa shape index (κ2) is 5.33.